The first-order chi connectivity index (χ1) is 10.6. The second-order valence-corrected chi connectivity index (χ2v) is 5.70. The average Bonchev–Trinajstić information content (AvgIpc) is 2.54. The largest absolute Gasteiger partial charge is 0.491 e. The molecule has 0 heterocycles. The van der Waals surface area contributed by atoms with Crippen LogP contribution in [0.1, 0.15) is 29.7 Å². The van der Waals surface area contributed by atoms with Gasteiger partial charge in [0, 0.05) is 12.6 Å². The van der Waals surface area contributed by atoms with Crippen LogP contribution in [0.25, 0.3) is 0 Å². The molecule has 0 aliphatic heterocycles. The molecule has 0 spiro atoms. The van der Waals surface area contributed by atoms with Crippen LogP contribution >= 0.6 is 0 Å². The Hall–Kier alpha value is -1.84. The lowest BCUT2D eigenvalue weighted by Crippen LogP contribution is -2.33. The molecule has 2 atom stereocenters. The first-order valence-electron chi connectivity index (χ1n) is 7.73. The van der Waals surface area contributed by atoms with Crippen LogP contribution in [0.3, 0.4) is 0 Å². The highest BCUT2D eigenvalue weighted by atomic mass is 16.5. The van der Waals surface area contributed by atoms with Crippen LogP contribution in [0.15, 0.2) is 48.5 Å². The number of aliphatic hydroxyl groups excluding tert-OH is 1. The van der Waals surface area contributed by atoms with E-state index in [0.717, 1.165) is 11.3 Å². The Morgan fingerprint density at radius 1 is 1.05 bits per heavy atom. The zero-order chi connectivity index (χ0) is 15.9. The monoisotopic (exact) mass is 299 g/mol. The molecule has 22 heavy (non-hydrogen) atoms. The van der Waals surface area contributed by atoms with Gasteiger partial charge >= 0.3 is 0 Å². The maximum Gasteiger partial charge on any atom is 0.122 e. The van der Waals surface area contributed by atoms with Crippen molar-refractivity contribution in [2.75, 3.05) is 13.2 Å². The molecule has 2 aromatic rings. The Morgan fingerprint density at radius 2 is 1.77 bits per heavy atom. The average molecular weight is 299 g/mol. The molecule has 0 aromatic heterocycles. The normalized spacial score (nSPS) is 13.6. The Morgan fingerprint density at radius 3 is 2.50 bits per heavy atom. The molecular weight excluding hydrogens is 274 g/mol. The minimum atomic E-state index is -0.536. The van der Waals surface area contributed by atoms with Gasteiger partial charge in [0.1, 0.15) is 18.5 Å². The maximum absolute atomic E-state index is 10.1. The fourth-order valence-electron chi connectivity index (χ4n) is 2.30. The molecule has 0 radical (unpaired) electrons. The number of hydrogen-bond acceptors (Lipinski definition) is 3. The third-order valence-electron chi connectivity index (χ3n) is 3.95. The lowest BCUT2D eigenvalue weighted by molar-refractivity contribution is 0.104. The summed E-state index contributed by atoms with van der Waals surface area (Å²) in [6.45, 7) is 6.97. The molecule has 2 unspecified atom stereocenters. The summed E-state index contributed by atoms with van der Waals surface area (Å²) in [6.07, 6.45) is -0.536. The molecule has 0 bridgehead atoms. The van der Waals surface area contributed by atoms with E-state index in [-0.39, 0.29) is 6.04 Å². The third kappa shape index (κ3) is 4.58. The van der Waals surface area contributed by atoms with Crippen LogP contribution in [0.2, 0.25) is 0 Å². The van der Waals surface area contributed by atoms with Crippen molar-refractivity contribution >= 4 is 0 Å². The van der Waals surface area contributed by atoms with Crippen molar-refractivity contribution in [3.05, 3.63) is 65.2 Å². The molecule has 0 amide bonds. The van der Waals surface area contributed by atoms with Crippen LogP contribution in [0.5, 0.6) is 5.75 Å². The summed E-state index contributed by atoms with van der Waals surface area (Å²) >= 11 is 0. The van der Waals surface area contributed by atoms with Crippen LogP contribution in [-0.2, 0) is 0 Å². The van der Waals surface area contributed by atoms with Crippen molar-refractivity contribution < 1.29 is 9.84 Å². The van der Waals surface area contributed by atoms with E-state index in [0.29, 0.717) is 13.2 Å². The van der Waals surface area contributed by atoms with Gasteiger partial charge in [-0.05, 0) is 43.5 Å². The summed E-state index contributed by atoms with van der Waals surface area (Å²) in [7, 11) is 0. The fourth-order valence-corrected chi connectivity index (χ4v) is 2.30. The van der Waals surface area contributed by atoms with Gasteiger partial charge in [-0.3, -0.25) is 0 Å². The highest BCUT2D eigenvalue weighted by Gasteiger charge is 2.10. The summed E-state index contributed by atoms with van der Waals surface area (Å²) in [4.78, 5) is 0. The molecule has 0 saturated heterocycles. The van der Waals surface area contributed by atoms with E-state index < -0.39 is 6.10 Å². The summed E-state index contributed by atoms with van der Waals surface area (Å²) in [6, 6.07) is 16.4. The standard InChI is InChI=1S/C19H25NO2/c1-14-8-7-11-19(15(14)2)22-13-18(21)12-20-16(3)17-9-5-4-6-10-17/h4-11,16,18,20-21H,12-13H2,1-3H3. The SMILES string of the molecule is Cc1cccc(OCC(O)CNC(C)c2ccccc2)c1C. The molecule has 2 rings (SSSR count). The second-order valence-electron chi connectivity index (χ2n) is 5.70. The predicted octanol–water partition coefficient (Wildman–Crippen LogP) is 3.39. The summed E-state index contributed by atoms with van der Waals surface area (Å²) in [5.41, 5.74) is 3.54. The molecule has 0 aliphatic rings. The maximum atomic E-state index is 10.1. The fraction of sp³-hybridized carbons (Fsp3) is 0.368. The van der Waals surface area contributed by atoms with Crippen LogP contribution in [0, 0.1) is 13.8 Å². The molecule has 2 N–H and O–H groups in total. The molecule has 3 nitrogen and oxygen atoms in total. The number of aryl methyl sites for hydroxylation is 1. The quantitative estimate of drug-likeness (QED) is 0.823. The zero-order valence-corrected chi connectivity index (χ0v) is 13.5. The molecule has 2 aromatic carbocycles. The van der Waals surface area contributed by atoms with Gasteiger partial charge in [0.25, 0.3) is 0 Å². The minimum Gasteiger partial charge on any atom is -0.491 e. The van der Waals surface area contributed by atoms with Crippen molar-refractivity contribution in [3.63, 3.8) is 0 Å². The van der Waals surface area contributed by atoms with E-state index in [1.807, 2.05) is 37.3 Å². The lowest BCUT2D eigenvalue weighted by Gasteiger charge is -2.18. The number of hydrogen-bond donors (Lipinski definition) is 2. The number of ether oxygens (including phenoxy) is 1. The van der Waals surface area contributed by atoms with E-state index in [1.54, 1.807) is 0 Å². The first-order valence-corrected chi connectivity index (χ1v) is 7.73. The Kier molecular flexibility index (Phi) is 5.99. The van der Waals surface area contributed by atoms with Gasteiger partial charge in [0.15, 0.2) is 0 Å². The molecule has 3 heteroatoms. The Bertz CT molecular complexity index is 583. The van der Waals surface area contributed by atoms with Crippen LogP contribution in [-0.4, -0.2) is 24.4 Å². The number of nitrogens with one attached hydrogen (secondary N) is 1. The number of rotatable bonds is 7. The van der Waals surface area contributed by atoms with Crippen LogP contribution < -0.4 is 10.1 Å². The lowest BCUT2D eigenvalue weighted by atomic mass is 10.1. The molecular formula is C19H25NO2. The Balaban J connectivity index is 1.78. The molecule has 0 fully saturated rings. The van der Waals surface area contributed by atoms with Crippen molar-refractivity contribution in [1.29, 1.82) is 0 Å². The molecule has 118 valence electrons. The smallest absolute Gasteiger partial charge is 0.122 e. The van der Waals surface area contributed by atoms with E-state index in [1.165, 1.54) is 11.1 Å². The van der Waals surface area contributed by atoms with Crippen molar-refractivity contribution in [2.24, 2.45) is 0 Å². The number of benzene rings is 2. The van der Waals surface area contributed by atoms with E-state index in [2.05, 4.69) is 37.4 Å². The highest BCUT2D eigenvalue weighted by molar-refractivity contribution is 5.38. The number of aliphatic hydroxyl groups is 1. The van der Waals surface area contributed by atoms with Gasteiger partial charge in [-0.15, -0.1) is 0 Å². The van der Waals surface area contributed by atoms with Gasteiger partial charge in [0.05, 0.1) is 0 Å². The minimum absolute atomic E-state index is 0.205. The summed E-state index contributed by atoms with van der Waals surface area (Å²) in [5.74, 6) is 0.843. The molecule has 0 saturated carbocycles. The van der Waals surface area contributed by atoms with Gasteiger partial charge in [0.2, 0.25) is 0 Å². The topological polar surface area (TPSA) is 41.5 Å². The van der Waals surface area contributed by atoms with Gasteiger partial charge in [-0.25, -0.2) is 0 Å². The van der Waals surface area contributed by atoms with Crippen molar-refractivity contribution in [2.45, 2.75) is 32.9 Å². The summed E-state index contributed by atoms with van der Waals surface area (Å²) < 4.78 is 5.73. The third-order valence-corrected chi connectivity index (χ3v) is 3.95. The van der Waals surface area contributed by atoms with Crippen molar-refractivity contribution in [1.82, 2.24) is 5.32 Å². The van der Waals surface area contributed by atoms with Crippen molar-refractivity contribution in [3.8, 4) is 5.75 Å². The van der Waals surface area contributed by atoms with Crippen LogP contribution in [0.4, 0.5) is 0 Å². The van der Waals surface area contributed by atoms with Gasteiger partial charge in [-0.1, -0.05) is 42.5 Å². The second kappa shape index (κ2) is 7.97. The Labute approximate surface area is 133 Å². The predicted molar refractivity (Wildman–Crippen MR) is 90.3 cm³/mol. The van der Waals surface area contributed by atoms with Gasteiger partial charge < -0.3 is 15.2 Å². The van der Waals surface area contributed by atoms with E-state index in [9.17, 15) is 5.11 Å². The highest BCUT2D eigenvalue weighted by Crippen LogP contribution is 2.20. The summed E-state index contributed by atoms with van der Waals surface area (Å²) in [5, 5.41) is 13.4. The van der Waals surface area contributed by atoms with E-state index in [4.69, 9.17) is 4.74 Å². The molecule has 0 aliphatic carbocycles. The van der Waals surface area contributed by atoms with E-state index >= 15 is 0 Å². The zero-order valence-electron chi connectivity index (χ0n) is 13.5. The first kappa shape index (κ1) is 16.5. The van der Waals surface area contributed by atoms with Gasteiger partial charge in [-0.2, -0.15) is 0 Å².